The molecule has 0 saturated heterocycles. The molecule has 0 aromatic carbocycles. The average Bonchev–Trinajstić information content (AvgIpc) is 2.33. The van der Waals surface area contributed by atoms with Gasteiger partial charge in [0.25, 0.3) is 0 Å². The van der Waals surface area contributed by atoms with Crippen LogP contribution in [0.1, 0.15) is 0 Å². The predicted molar refractivity (Wildman–Crippen MR) is 115 cm³/mol. The SMILES string of the molecule is O.O.[Mo+4].[Mo+4].[Mo+4].[NH4+].[NH4+].[S-2].[S-][S-].[S-][S-].[S-][S-].[S-][S-].[S-][S-].[S-][S-]. The fourth-order valence-corrected chi connectivity index (χ4v) is 0. The van der Waals surface area contributed by atoms with E-state index in [-0.39, 0.29) is 99.9 Å². The molecule has 0 radical (unpaired) electrons. The summed E-state index contributed by atoms with van der Waals surface area (Å²) in [6.45, 7) is 0. The Morgan fingerprint density at radius 1 is 0.300 bits per heavy atom. The second kappa shape index (κ2) is 365. The van der Waals surface area contributed by atoms with Crippen molar-refractivity contribution in [2.24, 2.45) is 0 Å². The first-order chi connectivity index (χ1) is 6.00. The number of hydrogen-bond acceptors (Lipinski definition) is 12. The molecule has 20 heavy (non-hydrogen) atoms. The Morgan fingerprint density at radius 2 is 0.300 bits per heavy atom. The van der Waals surface area contributed by atoms with E-state index in [2.05, 4.69) is 140 Å². The van der Waals surface area contributed by atoms with Gasteiger partial charge in [0.2, 0.25) is 0 Å². The van der Waals surface area contributed by atoms with Gasteiger partial charge in [-0.25, -0.2) is 0 Å². The van der Waals surface area contributed by atoms with E-state index in [0.717, 1.165) is 0 Å². The van der Waals surface area contributed by atoms with Crippen molar-refractivity contribution < 1.29 is 74.1 Å². The predicted octanol–water partition coefficient (Wildman–Crippen LogP) is -0.936. The molecule has 20 heteroatoms. The van der Waals surface area contributed by atoms with E-state index in [0.29, 0.717) is 0 Å². The molecule has 0 aliphatic carbocycles. The molecular weight excluding hydrogens is 765 g/mol. The summed E-state index contributed by atoms with van der Waals surface area (Å²) >= 11 is 44.0. The van der Waals surface area contributed by atoms with Gasteiger partial charge >= 0.3 is 63.2 Å². The molecule has 0 spiro atoms. The molecule has 0 rings (SSSR count). The Hall–Kier alpha value is 6.45. The van der Waals surface area contributed by atoms with Crippen LogP contribution < -0.4 is 12.3 Å². The Morgan fingerprint density at radius 3 is 0.300 bits per heavy atom. The van der Waals surface area contributed by atoms with Crippen LogP contribution in [0.25, 0.3) is 0 Å². The van der Waals surface area contributed by atoms with Crippen LogP contribution in [0.2, 0.25) is 0 Å². The third-order valence-corrected chi connectivity index (χ3v) is 0. The second-order valence-electron chi connectivity index (χ2n) is 0. The van der Waals surface area contributed by atoms with Crippen LogP contribution in [0.4, 0.5) is 0 Å². The summed E-state index contributed by atoms with van der Waals surface area (Å²) in [6.07, 6.45) is 0. The smallest absolute Gasteiger partial charge is 2.00 e. The first-order valence-electron chi connectivity index (χ1n) is 1.00. The zero-order chi connectivity index (χ0) is 12.0. The molecule has 0 fully saturated rings. The van der Waals surface area contributed by atoms with Crippen LogP contribution in [-0.2, 0) is 217 Å². The summed E-state index contributed by atoms with van der Waals surface area (Å²) in [7, 11) is 0. The van der Waals surface area contributed by atoms with Crippen LogP contribution in [0.3, 0.4) is 0 Å². The van der Waals surface area contributed by atoms with Gasteiger partial charge in [-0.3, -0.25) is 0 Å². The third kappa shape index (κ3) is 323. The van der Waals surface area contributed by atoms with Crippen molar-refractivity contribution in [3.63, 3.8) is 0 Å². The van der Waals surface area contributed by atoms with Crippen molar-refractivity contribution in [1.29, 1.82) is 0 Å². The quantitative estimate of drug-likeness (QED) is 0.179. The number of hydrogen-bond donors (Lipinski definition) is 2. The monoisotopic (exact) mass is 781 g/mol. The van der Waals surface area contributed by atoms with E-state index < -0.39 is 0 Å². The normalized spacial score (nSPS) is 1.80. The molecule has 0 aromatic rings. The van der Waals surface area contributed by atoms with Gasteiger partial charge in [0.1, 0.15) is 0 Å². The molecule has 130 valence electrons. The van der Waals surface area contributed by atoms with E-state index >= 15 is 0 Å². The molecule has 0 aliphatic rings. The maximum absolute atomic E-state index is 3.67. The number of quaternary nitrogens is 2. The van der Waals surface area contributed by atoms with Crippen LogP contribution >= 0.6 is 0 Å². The topological polar surface area (TPSA) is 136 Å². The van der Waals surface area contributed by atoms with Crippen molar-refractivity contribution in [1.82, 2.24) is 12.3 Å². The van der Waals surface area contributed by atoms with Gasteiger partial charge in [-0.05, 0) is 0 Å². The van der Waals surface area contributed by atoms with Crippen molar-refractivity contribution >= 4 is 153 Å². The third-order valence-electron chi connectivity index (χ3n) is 0. The summed E-state index contributed by atoms with van der Waals surface area (Å²) in [5.41, 5.74) is 0. The van der Waals surface area contributed by atoms with E-state index in [1.165, 1.54) is 0 Å². The summed E-state index contributed by atoms with van der Waals surface area (Å²) < 4.78 is 0. The van der Waals surface area contributed by atoms with Gasteiger partial charge in [-0.2, -0.15) is 0 Å². The van der Waals surface area contributed by atoms with Crippen LogP contribution in [0.5, 0.6) is 0 Å². The van der Waals surface area contributed by atoms with Crippen molar-refractivity contribution in [3.05, 3.63) is 0 Å². The van der Waals surface area contributed by atoms with E-state index in [1.807, 2.05) is 0 Å². The maximum Gasteiger partial charge on any atom is 4.00 e. The van der Waals surface area contributed by atoms with E-state index in [4.69, 9.17) is 0 Å². The van der Waals surface area contributed by atoms with Crippen molar-refractivity contribution in [3.8, 4) is 0 Å². The van der Waals surface area contributed by atoms with Crippen LogP contribution in [0, 0.1) is 0 Å². The molecule has 0 atom stereocenters. The van der Waals surface area contributed by atoms with Crippen molar-refractivity contribution in [2.45, 2.75) is 0 Å². The average molecular weight is 777 g/mol. The van der Waals surface area contributed by atoms with Crippen molar-refractivity contribution in [2.75, 3.05) is 0 Å². The minimum atomic E-state index is 0. The van der Waals surface area contributed by atoms with Gasteiger partial charge < -0.3 is 177 Å². The Bertz CT molecular complexity index is 29.6. The minimum absolute atomic E-state index is 0. The van der Waals surface area contributed by atoms with Crippen LogP contribution in [-0.4, -0.2) is 11.0 Å². The Balaban J connectivity index is -0.00000000167. The summed E-state index contributed by atoms with van der Waals surface area (Å²) in [4.78, 5) is 0. The Kier molecular flexibility index (Phi) is 2020. The molecule has 4 nitrogen and oxygen atoms in total. The molecule has 0 saturated carbocycles. The fraction of sp³-hybridized carbons (Fsp3) is 0. The van der Waals surface area contributed by atoms with Gasteiger partial charge in [0, 0.05) is 0 Å². The van der Waals surface area contributed by atoms with Crippen LogP contribution in [0.15, 0.2) is 0 Å². The summed E-state index contributed by atoms with van der Waals surface area (Å²) in [5, 5.41) is 0. The van der Waals surface area contributed by atoms with E-state index in [9.17, 15) is 0 Å². The molecule has 0 unspecified atom stereocenters. The fourth-order valence-electron chi connectivity index (χ4n) is 0. The summed E-state index contributed by atoms with van der Waals surface area (Å²) in [6, 6.07) is 0. The molecule has 0 amide bonds. The largest absolute Gasteiger partial charge is 4.00 e. The first-order valence-corrected chi connectivity index (χ1v) is 9.00. The first kappa shape index (κ1) is 111. The molecule has 0 aromatic heterocycles. The van der Waals surface area contributed by atoms with Gasteiger partial charge in [0.05, 0.1) is 0 Å². The zero-order valence-corrected chi connectivity index (χ0v) is 26.2. The Labute approximate surface area is 235 Å². The van der Waals surface area contributed by atoms with Gasteiger partial charge in [-0.15, -0.1) is 0 Å². The molecule has 12 N–H and O–H groups in total. The summed E-state index contributed by atoms with van der Waals surface area (Å²) in [5.74, 6) is 0. The zero-order valence-electron chi connectivity index (χ0n) is 9.53. The standard InChI is InChI=1S/3Mo.2H3N.2H2O.6S2.S/c;;;;;;;6*1-2;/h;;;2*1H3;2*1H2;;;;;;;/q3*+4;;;;;7*-2/p+2. The second-order valence-corrected chi connectivity index (χ2v) is 0. The maximum atomic E-state index is 3.67. The molecule has 0 aliphatic heterocycles. The van der Waals surface area contributed by atoms with Gasteiger partial charge in [-0.1, -0.05) is 0 Å². The number of rotatable bonds is 0. The molecular formula is H12Mo3N2O2S13. The van der Waals surface area contributed by atoms with Gasteiger partial charge in [0.15, 0.2) is 0 Å². The molecule has 0 heterocycles. The van der Waals surface area contributed by atoms with E-state index in [1.54, 1.807) is 0 Å². The minimum Gasteiger partial charge on any atom is -2.00 e. The molecule has 0 bridgehead atoms.